The van der Waals surface area contributed by atoms with Gasteiger partial charge >= 0.3 is 19.6 Å². The van der Waals surface area contributed by atoms with Gasteiger partial charge in [-0.2, -0.15) is 0 Å². The van der Waals surface area contributed by atoms with Gasteiger partial charge in [-0.1, -0.05) is 0 Å². The van der Waals surface area contributed by atoms with E-state index in [0.29, 0.717) is 0 Å². The van der Waals surface area contributed by atoms with E-state index in [1.165, 1.54) is 51.1 Å². The average molecular weight is 316 g/mol. The van der Waals surface area contributed by atoms with Crippen LogP contribution < -0.4 is 9.31 Å². The molecule has 8 nitrogen and oxygen atoms in total. The Morgan fingerprint density at radius 2 is 1.30 bits per heavy atom. The monoisotopic (exact) mass is 316 g/mol. The van der Waals surface area contributed by atoms with E-state index in [0.717, 1.165) is 0 Å². The molecule has 0 spiro atoms. The lowest BCUT2D eigenvalue weighted by Gasteiger charge is -2.11. The standard InChI is InChI=1S/C14H13BN2O6/c1-20-13(18)9-3-5-16-7-11(9)22-15-23-12-8-17-6-4-10(12)14(19)21-2/h3-8,15H,1-2H3. The van der Waals surface area contributed by atoms with Gasteiger partial charge in [0, 0.05) is 12.4 Å². The van der Waals surface area contributed by atoms with Crippen LogP contribution >= 0.6 is 0 Å². The Hall–Kier alpha value is -3.10. The van der Waals surface area contributed by atoms with Gasteiger partial charge in [-0.05, 0) is 12.1 Å². The van der Waals surface area contributed by atoms with Crippen LogP contribution in [0.3, 0.4) is 0 Å². The molecule has 0 aromatic carbocycles. The highest BCUT2D eigenvalue weighted by Gasteiger charge is 2.16. The summed E-state index contributed by atoms with van der Waals surface area (Å²) in [4.78, 5) is 31.0. The summed E-state index contributed by atoms with van der Waals surface area (Å²) in [5.41, 5.74) is 0.427. The average Bonchev–Trinajstić information content (AvgIpc) is 2.61. The second-order valence-corrected chi connectivity index (χ2v) is 4.13. The first kappa shape index (κ1) is 16.3. The molecule has 2 heterocycles. The van der Waals surface area contributed by atoms with Gasteiger partial charge in [0.05, 0.1) is 26.6 Å². The van der Waals surface area contributed by atoms with E-state index in [1.54, 1.807) is 0 Å². The molecule has 0 fully saturated rings. The molecule has 0 aliphatic rings. The lowest BCUT2D eigenvalue weighted by Crippen LogP contribution is -2.16. The van der Waals surface area contributed by atoms with Gasteiger partial charge < -0.3 is 18.8 Å². The predicted octanol–water partition coefficient (Wildman–Crippen LogP) is 0.774. The Morgan fingerprint density at radius 3 is 1.70 bits per heavy atom. The number of methoxy groups -OCH3 is 2. The maximum absolute atomic E-state index is 11.6. The minimum atomic E-state index is -0.556. The van der Waals surface area contributed by atoms with E-state index in [2.05, 4.69) is 19.4 Å². The lowest BCUT2D eigenvalue weighted by atomic mass is 10.2. The van der Waals surface area contributed by atoms with Crippen molar-refractivity contribution in [3.8, 4) is 11.5 Å². The fraction of sp³-hybridized carbons (Fsp3) is 0.143. The van der Waals surface area contributed by atoms with Crippen molar-refractivity contribution in [3.05, 3.63) is 48.0 Å². The first-order valence-electron chi connectivity index (χ1n) is 6.47. The van der Waals surface area contributed by atoms with E-state index >= 15 is 0 Å². The highest BCUT2D eigenvalue weighted by atomic mass is 16.6. The largest absolute Gasteiger partial charge is 0.576 e. The Balaban J connectivity index is 2.07. The van der Waals surface area contributed by atoms with Gasteiger partial charge in [0.2, 0.25) is 0 Å². The van der Waals surface area contributed by atoms with Crippen LogP contribution in [0.15, 0.2) is 36.9 Å². The molecule has 0 aliphatic carbocycles. The fourth-order valence-corrected chi connectivity index (χ4v) is 1.70. The molecule has 0 N–H and O–H groups in total. The van der Waals surface area contributed by atoms with Crippen LogP contribution in [0.25, 0.3) is 0 Å². The zero-order valence-electron chi connectivity index (χ0n) is 12.5. The molecule has 0 bridgehead atoms. The molecule has 0 saturated heterocycles. The van der Waals surface area contributed by atoms with Crippen LogP contribution in [-0.2, 0) is 9.47 Å². The van der Waals surface area contributed by atoms with Crippen molar-refractivity contribution < 1.29 is 28.4 Å². The highest BCUT2D eigenvalue weighted by molar-refractivity contribution is 6.21. The highest BCUT2D eigenvalue weighted by Crippen LogP contribution is 2.19. The summed E-state index contributed by atoms with van der Waals surface area (Å²) >= 11 is 0. The molecule has 0 saturated carbocycles. The van der Waals surface area contributed by atoms with Crippen molar-refractivity contribution in [3.63, 3.8) is 0 Å². The van der Waals surface area contributed by atoms with Crippen molar-refractivity contribution >= 4 is 19.6 Å². The first-order chi connectivity index (χ1) is 11.2. The predicted molar refractivity (Wildman–Crippen MR) is 79.6 cm³/mol. The number of aromatic nitrogens is 2. The summed E-state index contributed by atoms with van der Waals surface area (Å²) in [6.07, 6.45) is 5.60. The van der Waals surface area contributed by atoms with Crippen molar-refractivity contribution in [1.82, 2.24) is 9.97 Å². The molecular weight excluding hydrogens is 303 g/mol. The van der Waals surface area contributed by atoms with E-state index in [9.17, 15) is 9.59 Å². The molecular formula is C14H13BN2O6. The number of rotatable bonds is 6. The van der Waals surface area contributed by atoms with Gasteiger partial charge in [-0.3, -0.25) is 9.97 Å². The molecule has 0 atom stereocenters. The van der Waals surface area contributed by atoms with Crippen molar-refractivity contribution in [2.45, 2.75) is 0 Å². The third-order valence-electron chi connectivity index (χ3n) is 2.81. The van der Waals surface area contributed by atoms with E-state index in [-0.39, 0.29) is 30.3 Å². The van der Waals surface area contributed by atoms with Gasteiger partial charge in [0.15, 0.2) is 0 Å². The van der Waals surface area contributed by atoms with Crippen molar-refractivity contribution in [2.75, 3.05) is 14.2 Å². The Morgan fingerprint density at radius 1 is 0.870 bits per heavy atom. The maximum atomic E-state index is 11.6. The second-order valence-electron chi connectivity index (χ2n) is 4.13. The Labute approximate surface area is 132 Å². The molecule has 0 amide bonds. The molecule has 0 aliphatic heterocycles. The second kappa shape index (κ2) is 7.78. The van der Waals surface area contributed by atoms with Crippen LogP contribution in [-0.4, -0.2) is 43.8 Å². The molecule has 23 heavy (non-hydrogen) atoms. The van der Waals surface area contributed by atoms with Crippen molar-refractivity contribution in [1.29, 1.82) is 0 Å². The SMILES string of the molecule is COC(=O)c1ccncc1OBOc1cnccc1C(=O)OC. The molecule has 2 aromatic heterocycles. The quantitative estimate of drug-likeness (QED) is 0.569. The van der Waals surface area contributed by atoms with E-state index in [1.807, 2.05) is 0 Å². The number of pyridine rings is 2. The number of esters is 2. The van der Waals surface area contributed by atoms with Crippen molar-refractivity contribution in [2.24, 2.45) is 0 Å². The summed E-state index contributed by atoms with van der Waals surface area (Å²) in [7, 11) is 2.27. The summed E-state index contributed by atoms with van der Waals surface area (Å²) in [6, 6.07) is 2.93. The molecule has 9 heteroatoms. The number of nitrogens with zero attached hydrogens (tertiary/aromatic N) is 2. The first-order valence-corrected chi connectivity index (χ1v) is 6.47. The maximum Gasteiger partial charge on any atom is 0.576 e. The Kier molecular flexibility index (Phi) is 5.51. The number of carbonyl (C=O) groups is 2. The minimum absolute atomic E-state index is 0.197. The van der Waals surface area contributed by atoms with Crippen LogP contribution in [0.1, 0.15) is 20.7 Å². The molecule has 2 rings (SSSR count). The topological polar surface area (TPSA) is 96.8 Å². The molecule has 118 valence electrons. The number of carbonyl (C=O) groups excluding carboxylic acids is 2. The zero-order valence-corrected chi connectivity index (χ0v) is 12.5. The van der Waals surface area contributed by atoms with E-state index in [4.69, 9.17) is 9.31 Å². The van der Waals surface area contributed by atoms with Crippen LogP contribution in [0.5, 0.6) is 11.5 Å². The number of ether oxygens (including phenoxy) is 2. The third kappa shape index (κ3) is 3.97. The van der Waals surface area contributed by atoms with Gasteiger partial charge in [-0.25, -0.2) is 9.59 Å². The zero-order chi connectivity index (χ0) is 16.7. The minimum Gasteiger partial charge on any atom is -0.527 e. The van der Waals surface area contributed by atoms with Gasteiger partial charge in [-0.15, -0.1) is 0 Å². The molecule has 2 aromatic rings. The summed E-state index contributed by atoms with van der Waals surface area (Å²) in [5.74, 6) is -0.719. The smallest absolute Gasteiger partial charge is 0.527 e. The van der Waals surface area contributed by atoms with E-state index < -0.39 is 11.9 Å². The summed E-state index contributed by atoms with van der Waals surface area (Å²) in [5, 5.41) is 0. The summed E-state index contributed by atoms with van der Waals surface area (Å²) in [6.45, 7) is 0. The number of hydrogen-bond acceptors (Lipinski definition) is 8. The third-order valence-corrected chi connectivity index (χ3v) is 2.81. The van der Waals surface area contributed by atoms with Gasteiger partial charge in [0.25, 0.3) is 0 Å². The van der Waals surface area contributed by atoms with Gasteiger partial charge in [0.1, 0.15) is 22.6 Å². The van der Waals surface area contributed by atoms with Crippen LogP contribution in [0.2, 0.25) is 0 Å². The summed E-state index contributed by atoms with van der Waals surface area (Å²) < 4.78 is 20.0. The van der Waals surface area contributed by atoms with Crippen LogP contribution in [0.4, 0.5) is 0 Å². The molecule has 0 radical (unpaired) electrons. The Bertz CT molecular complexity index is 650. The normalized spacial score (nSPS) is 9.65. The number of hydrogen-bond donors (Lipinski definition) is 0. The lowest BCUT2D eigenvalue weighted by molar-refractivity contribution is 0.0590. The van der Waals surface area contributed by atoms with Crippen LogP contribution in [0, 0.1) is 0 Å². The fourth-order valence-electron chi connectivity index (χ4n) is 1.70. The molecule has 0 unspecified atom stereocenters.